The summed E-state index contributed by atoms with van der Waals surface area (Å²) in [5, 5.41) is 7.27. The molecule has 0 aliphatic carbocycles. The average Bonchev–Trinajstić information content (AvgIpc) is 2.66. The van der Waals surface area contributed by atoms with E-state index in [0.29, 0.717) is 17.7 Å². The molecule has 0 saturated carbocycles. The maximum Gasteiger partial charge on any atom is 0.191 e. The fourth-order valence-electron chi connectivity index (χ4n) is 2.62. The lowest BCUT2D eigenvalue weighted by atomic mass is 10.1. The van der Waals surface area contributed by atoms with E-state index in [1.165, 1.54) is 0 Å². The summed E-state index contributed by atoms with van der Waals surface area (Å²) < 4.78 is 17.0. The quantitative estimate of drug-likeness (QED) is 0.390. The first-order chi connectivity index (χ1) is 12.7. The van der Waals surface area contributed by atoms with Gasteiger partial charge in [0.25, 0.3) is 0 Å². The highest BCUT2D eigenvalue weighted by Gasteiger charge is 2.13. The Morgan fingerprint density at radius 3 is 2.69 bits per heavy atom. The number of hydrogen-bond acceptors (Lipinski definition) is 4. The highest BCUT2D eigenvalue weighted by molar-refractivity contribution is 6.30. The number of benzene rings is 1. The molecular formula is C19H30ClN3O3. The summed E-state index contributed by atoms with van der Waals surface area (Å²) in [6.45, 7) is 5.86. The minimum Gasteiger partial charge on any atom is -0.489 e. The summed E-state index contributed by atoms with van der Waals surface area (Å²) in [5.74, 6) is 1.57. The minimum absolute atomic E-state index is 0.00609. The van der Waals surface area contributed by atoms with Gasteiger partial charge in [-0.2, -0.15) is 0 Å². The van der Waals surface area contributed by atoms with Gasteiger partial charge in [-0.15, -0.1) is 0 Å². The minimum atomic E-state index is 0.00609. The molecule has 2 rings (SSSR count). The Balaban J connectivity index is 1.55. The lowest BCUT2D eigenvalue weighted by Gasteiger charge is -2.22. The molecule has 1 atom stereocenters. The van der Waals surface area contributed by atoms with Crippen molar-refractivity contribution < 1.29 is 14.2 Å². The molecule has 1 heterocycles. The van der Waals surface area contributed by atoms with E-state index in [4.69, 9.17) is 25.8 Å². The standard InChI is InChI=1S/C19H30ClN3O3/c1-15(26-18-6-4-16(20)5-7-18)14-23-19(21-2)22-10-3-11-25-17-8-12-24-13-9-17/h4-7,15,17H,3,8-14H2,1-2H3,(H2,21,22,23). The van der Waals surface area contributed by atoms with Crippen LogP contribution in [0.4, 0.5) is 0 Å². The smallest absolute Gasteiger partial charge is 0.191 e. The summed E-state index contributed by atoms with van der Waals surface area (Å²) in [7, 11) is 1.76. The third-order valence-electron chi connectivity index (χ3n) is 4.07. The Kier molecular flexibility index (Phi) is 9.60. The second kappa shape index (κ2) is 12.0. The molecule has 6 nitrogen and oxygen atoms in total. The highest BCUT2D eigenvalue weighted by Crippen LogP contribution is 2.16. The first kappa shape index (κ1) is 20.8. The van der Waals surface area contributed by atoms with Crippen LogP contribution in [0.5, 0.6) is 5.75 Å². The predicted octanol–water partition coefficient (Wildman–Crippen LogP) is 2.86. The first-order valence-corrected chi connectivity index (χ1v) is 9.61. The maximum atomic E-state index is 5.88. The molecule has 7 heteroatoms. The molecule has 26 heavy (non-hydrogen) atoms. The molecule has 1 aliphatic rings. The number of nitrogens with one attached hydrogen (secondary N) is 2. The largest absolute Gasteiger partial charge is 0.489 e. The van der Waals surface area contributed by atoms with Gasteiger partial charge in [-0.3, -0.25) is 4.99 Å². The number of halogens is 1. The Morgan fingerprint density at radius 2 is 2.00 bits per heavy atom. The van der Waals surface area contributed by atoms with Crippen molar-refractivity contribution in [3.63, 3.8) is 0 Å². The molecule has 1 aromatic carbocycles. The van der Waals surface area contributed by atoms with Gasteiger partial charge < -0.3 is 24.8 Å². The van der Waals surface area contributed by atoms with Gasteiger partial charge in [0.15, 0.2) is 5.96 Å². The fourth-order valence-corrected chi connectivity index (χ4v) is 2.75. The second-order valence-corrected chi connectivity index (χ2v) is 6.73. The molecular weight excluding hydrogens is 354 g/mol. The van der Waals surface area contributed by atoms with Gasteiger partial charge in [0.05, 0.1) is 12.6 Å². The van der Waals surface area contributed by atoms with E-state index in [-0.39, 0.29) is 6.10 Å². The number of rotatable bonds is 9. The van der Waals surface area contributed by atoms with Crippen LogP contribution in [0.2, 0.25) is 5.02 Å². The molecule has 146 valence electrons. The number of nitrogens with zero attached hydrogens (tertiary/aromatic N) is 1. The number of hydrogen-bond donors (Lipinski definition) is 2. The van der Waals surface area contributed by atoms with Gasteiger partial charge in [-0.1, -0.05) is 11.6 Å². The van der Waals surface area contributed by atoms with Crippen molar-refractivity contribution in [3.8, 4) is 5.75 Å². The van der Waals surface area contributed by atoms with E-state index in [1.807, 2.05) is 31.2 Å². The zero-order chi connectivity index (χ0) is 18.6. The third-order valence-corrected chi connectivity index (χ3v) is 4.32. The first-order valence-electron chi connectivity index (χ1n) is 9.23. The molecule has 0 aromatic heterocycles. The van der Waals surface area contributed by atoms with Gasteiger partial charge in [-0.25, -0.2) is 0 Å². The summed E-state index contributed by atoms with van der Waals surface area (Å²) in [6.07, 6.45) is 3.30. The van der Waals surface area contributed by atoms with Crippen molar-refractivity contribution in [3.05, 3.63) is 29.3 Å². The molecule has 1 unspecified atom stereocenters. The van der Waals surface area contributed by atoms with Crippen LogP contribution in [-0.2, 0) is 9.47 Å². The van der Waals surface area contributed by atoms with Crippen molar-refractivity contribution in [1.29, 1.82) is 0 Å². The van der Waals surface area contributed by atoms with Crippen LogP contribution in [0.3, 0.4) is 0 Å². The average molecular weight is 384 g/mol. The lowest BCUT2D eigenvalue weighted by molar-refractivity contribution is -0.0320. The Bertz CT molecular complexity index is 533. The molecule has 0 radical (unpaired) electrons. The molecule has 1 saturated heterocycles. The predicted molar refractivity (Wildman–Crippen MR) is 105 cm³/mol. The SMILES string of the molecule is CN=C(NCCCOC1CCOCC1)NCC(C)Oc1ccc(Cl)cc1. The van der Waals surface area contributed by atoms with Crippen LogP contribution < -0.4 is 15.4 Å². The number of ether oxygens (including phenoxy) is 3. The monoisotopic (exact) mass is 383 g/mol. The summed E-state index contributed by atoms with van der Waals surface area (Å²) >= 11 is 5.88. The van der Waals surface area contributed by atoms with E-state index >= 15 is 0 Å². The van der Waals surface area contributed by atoms with Gasteiger partial charge in [0, 0.05) is 38.4 Å². The van der Waals surface area contributed by atoms with Crippen molar-refractivity contribution in [1.82, 2.24) is 10.6 Å². The van der Waals surface area contributed by atoms with Gasteiger partial charge in [-0.05, 0) is 50.5 Å². The molecule has 1 fully saturated rings. The Hall–Kier alpha value is -1.50. The Morgan fingerprint density at radius 1 is 1.27 bits per heavy atom. The van der Waals surface area contributed by atoms with Crippen LogP contribution in [0, 0.1) is 0 Å². The Labute approximate surface area is 161 Å². The summed E-state index contributed by atoms with van der Waals surface area (Å²) in [4.78, 5) is 4.23. The van der Waals surface area contributed by atoms with Crippen LogP contribution in [0.15, 0.2) is 29.3 Å². The van der Waals surface area contributed by atoms with E-state index in [2.05, 4.69) is 15.6 Å². The summed E-state index contributed by atoms with van der Waals surface area (Å²) in [6, 6.07) is 7.37. The fraction of sp³-hybridized carbons (Fsp3) is 0.632. The number of aliphatic imine (C=N–C) groups is 1. The molecule has 1 aliphatic heterocycles. The highest BCUT2D eigenvalue weighted by atomic mass is 35.5. The number of guanidine groups is 1. The maximum absolute atomic E-state index is 5.88. The van der Waals surface area contributed by atoms with Crippen LogP contribution in [-0.4, -0.2) is 58.1 Å². The van der Waals surface area contributed by atoms with E-state index in [0.717, 1.165) is 57.3 Å². The van der Waals surface area contributed by atoms with E-state index < -0.39 is 0 Å². The molecule has 0 amide bonds. The molecule has 1 aromatic rings. The van der Waals surface area contributed by atoms with Crippen LogP contribution in [0.25, 0.3) is 0 Å². The summed E-state index contributed by atoms with van der Waals surface area (Å²) in [5.41, 5.74) is 0. The third kappa shape index (κ3) is 8.25. The second-order valence-electron chi connectivity index (χ2n) is 6.30. The molecule has 2 N–H and O–H groups in total. The van der Waals surface area contributed by atoms with Gasteiger partial charge in [0.1, 0.15) is 11.9 Å². The van der Waals surface area contributed by atoms with Crippen molar-refractivity contribution in [2.75, 3.05) is 40.0 Å². The van der Waals surface area contributed by atoms with Crippen LogP contribution in [0.1, 0.15) is 26.2 Å². The van der Waals surface area contributed by atoms with Gasteiger partial charge in [0.2, 0.25) is 0 Å². The van der Waals surface area contributed by atoms with Crippen molar-refractivity contribution >= 4 is 17.6 Å². The van der Waals surface area contributed by atoms with E-state index in [9.17, 15) is 0 Å². The zero-order valence-electron chi connectivity index (χ0n) is 15.7. The lowest BCUT2D eigenvalue weighted by Crippen LogP contribution is -2.42. The van der Waals surface area contributed by atoms with Crippen molar-refractivity contribution in [2.24, 2.45) is 4.99 Å². The van der Waals surface area contributed by atoms with Crippen molar-refractivity contribution in [2.45, 2.75) is 38.4 Å². The normalized spacial score (nSPS) is 17.0. The van der Waals surface area contributed by atoms with Crippen LogP contribution >= 0.6 is 11.6 Å². The molecule has 0 bridgehead atoms. The molecule has 0 spiro atoms. The zero-order valence-corrected chi connectivity index (χ0v) is 16.4. The van der Waals surface area contributed by atoms with Gasteiger partial charge >= 0.3 is 0 Å². The van der Waals surface area contributed by atoms with E-state index in [1.54, 1.807) is 7.05 Å². The topological polar surface area (TPSA) is 64.1 Å².